The van der Waals surface area contributed by atoms with Crippen molar-refractivity contribution in [3.63, 3.8) is 0 Å². The van der Waals surface area contributed by atoms with Gasteiger partial charge < -0.3 is 20.1 Å². The number of methoxy groups -OCH3 is 1. The van der Waals surface area contributed by atoms with Crippen molar-refractivity contribution in [1.82, 2.24) is 10.6 Å². The van der Waals surface area contributed by atoms with E-state index < -0.39 is 0 Å². The average molecular weight is 360 g/mol. The van der Waals surface area contributed by atoms with E-state index in [4.69, 9.17) is 14.5 Å². The van der Waals surface area contributed by atoms with Crippen molar-refractivity contribution in [2.45, 2.75) is 52.7 Å². The third-order valence-corrected chi connectivity index (χ3v) is 5.82. The topological polar surface area (TPSA) is 54.9 Å². The second kappa shape index (κ2) is 7.87. The van der Waals surface area contributed by atoms with Gasteiger partial charge in [0.15, 0.2) is 5.96 Å². The number of fused-ring (bicyclic) bond motifs is 1. The van der Waals surface area contributed by atoms with Gasteiger partial charge in [-0.05, 0) is 38.3 Å². The maximum Gasteiger partial charge on any atom is 0.191 e. The molecule has 5 nitrogen and oxygen atoms in total. The molecular formula is C21H33N3O2. The van der Waals surface area contributed by atoms with Gasteiger partial charge in [0.2, 0.25) is 0 Å². The first-order valence-corrected chi connectivity index (χ1v) is 9.77. The summed E-state index contributed by atoms with van der Waals surface area (Å²) in [5.41, 5.74) is 2.61. The maximum atomic E-state index is 5.90. The van der Waals surface area contributed by atoms with E-state index in [9.17, 15) is 0 Å². The minimum atomic E-state index is 0.150. The number of hydrogen-bond acceptors (Lipinski definition) is 3. The molecule has 1 aromatic carbocycles. The molecule has 26 heavy (non-hydrogen) atoms. The number of aliphatic imine (C=N–C) groups is 1. The molecule has 1 saturated heterocycles. The lowest BCUT2D eigenvalue weighted by molar-refractivity contribution is -0.106. The molecule has 0 radical (unpaired) electrons. The van der Waals surface area contributed by atoms with Crippen LogP contribution in [-0.2, 0) is 11.2 Å². The van der Waals surface area contributed by atoms with Crippen molar-refractivity contribution in [3.8, 4) is 5.75 Å². The first kappa shape index (κ1) is 19.0. The van der Waals surface area contributed by atoms with E-state index in [0.29, 0.717) is 18.1 Å². The normalized spacial score (nSPS) is 26.8. The Morgan fingerprint density at radius 3 is 2.92 bits per heavy atom. The lowest BCUT2D eigenvalue weighted by atomic mass is 9.57. The molecule has 0 spiro atoms. The van der Waals surface area contributed by atoms with E-state index in [1.807, 2.05) is 6.07 Å². The highest BCUT2D eigenvalue weighted by atomic mass is 16.5. The highest BCUT2D eigenvalue weighted by Crippen LogP contribution is 2.52. The van der Waals surface area contributed by atoms with Crippen molar-refractivity contribution in [3.05, 3.63) is 29.3 Å². The van der Waals surface area contributed by atoms with E-state index in [1.165, 1.54) is 11.1 Å². The molecule has 0 aromatic heterocycles. The number of ether oxygens (including phenoxy) is 2. The Labute approximate surface area is 157 Å². The SMILES string of the molecule is CCNC(=NCCc1cc(C)ccc1OC)NC1C2CCOC2C1(C)C. The predicted molar refractivity (Wildman–Crippen MR) is 106 cm³/mol. The first-order valence-electron chi connectivity index (χ1n) is 9.77. The van der Waals surface area contributed by atoms with Gasteiger partial charge in [-0.1, -0.05) is 31.5 Å². The molecule has 2 aliphatic rings. The lowest BCUT2D eigenvalue weighted by Crippen LogP contribution is -2.68. The van der Waals surface area contributed by atoms with E-state index in [-0.39, 0.29) is 5.41 Å². The highest BCUT2D eigenvalue weighted by Gasteiger charge is 2.59. The molecule has 3 unspecified atom stereocenters. The van der Waals surface area contributed by atoms with E-state index in [2.05, 4.69) is 50.5 Å². The highest BCUT2D eigenvalue weighted by molar-refractivity contribution is 5.80. The van der Waals surface area contributed by atoms with Gasteiger partial charge in [0.25, 0.3) is 0 Å². The standard InChI is InChI=1S/C21H33N3O2/c1-6-22-20(24-18-16-10-12-26-19(16)21(18,3)4)23-11-9-15-13-14(2)7-8-17(15)25-5/h7-8,13,16,18-19H,6,9-12H2,1-5H3,(H2,22,23,24). The van der Waals surface area contributed by atoms with Crippen molar-refractivity contribution < 1.29 is 9.47 Å². The van der Waals surface area contributed by atoms with E-state index >= 15 is 0 Å². The molecule has 144 valence electrons. The van der Waals surface area contributed by atoms with E-state index in [0.717, 1.165) is 44.2 Å². The Balaban J connectivity index is 1.64. The second-order valence-electron chi connectivity index (χ2n) is 8.01. The Hall–Kier alpha value is -1.75. The number of nitrogens with one attached hydrogen (secondary N) is 2. The second-order valence-corrected chi connectivity index (χ2v) is 8.01. The van der Waals surface area contributed by atoms with Gasteiger partial charge in [0.05, 0.1) is 13.2 Å². The summed E-state index contributed by atoms with van der Waals surface area (Å²) in [6, 6.07) is 6.72. The van der Waals surface area contributed by atoms with Crippen LogP contribution in [-0.4, -0.2) is 44.9 Å². The number of benzene rings is 1. The van der Waals surface area contributed by atoms with Crippen LogP contribution in [0.5, 0.6) is 5.75 Å². The van der Waals surface area contributed by atoms with E-state index in [1.54, 1.807) is 7.11 Å². The number of nitrogens with zero attached hydrogens (tertiary/aromatic N) is 1. The molecule has 1 aromatic rings. The van der Waals surface area contributed by atoms with Gasteiger partial charge in [-0.25, -0.2) is 0 Å². The maximum absolute atomic E-state index is 5.90. The molecule has 2 fully saturated rings. The smallest absolute Gasteiger partial charge is 0.191 e. The fraction of sp³-hybridized carbons (Fsp3) is 0.667. The van der Waals surface area contributed by atoms with Gasteiger partial charge in [-0.2, -0.15) is 0 Å². The van der Waals surface area contributed by atoms with Crippen LogP contribution < -0.4 is 15.4 Å². The largest absolute Gasteiger partial charge is 0.496 e. The Morgan fingerprint density at radius 1 is 1.38 bits per heavy atom. The van der Waals surface area contributed by atoms with Crippen molar-refractivity contribution in [2.75, 3.05) is 26.8 Å². The minimum Gasteiger partial charge on any atom is -0.496 e. The zero-order chi connectivity index (χ0) is 18.7. The molecule has 3 atom stereocenters. The number of hydrogen-bond donors (Lipinski definition) is 2. The summed E-state index contributed by atoms with van der Waals surface area (Å²) in [4.78, 5) is 4.81. The molecule has 1 heterocycles. The molecule has 1 aliphatic heterocycles. The zero-order valence-corrected chi connectivity index (χ0v) is 16.8. The summed E-state index contributed by atoms with van der Waals surface area (Å²) in [5.74, 6) is 2.45. The molecule has 0 bridgehead atoms. The molecule has 5 heteroatoms. The predicted octanol–water partition coefficient (Wildman–Crippen LogP) is 2.91. The Bertz CT molecular complexity index is 657. The van der Waals surface area contributed by atoms with Crippen LogP contribution in [0, 0.1) is 18.3 Å². The molecule has 0 amide bonds. The molecule has 1 aliphatic carbocycles. The quantitative estimate of drug-likeness (QED) is 0.606. The first-order chi connectivity index (χ1) is 12.5. The molecule has 3 rings (SSSR count). The average Bonchev–Trinajstić information content (AvgIpc) is 3.07. The minimum absolute atomic E-state index is 0.150. The number of aryl methyl sites for hydroxylation is 1. The summed E-state index contributed by atoms with van der Waals surface area (Å²) >= 11 is 0. The monoisotopic (exact) mass is 359 g/mol. The van der Waals surface area contributed by atoms with Gasteiger partial charge in [0, 0.05) is 37.1 Å². The van der Waals surface area contributed by atoms with Gasteiger partial charge in [-0.15, -0.1) is 0 Å². The molecule has 1 saturated carbocycles. The van der Waals surface area contributed by atoms with Gasteiger partial charge in [0.1, 0.15) is 5.75 Å². The molecular weight excluding hydrogens is 326 g/mol. The van der Waals surface area contributed by atoms with Crippen molar-refractivity contribution in [2.24, 2.45) is 16.3 Å². The Morgan fingerprint density at radius 2 is 2.19 bits per heavy atom. The number of guanidine groups is 1. The fourth-order valence-corrected chi connectivity index (χ4v) is 4.48. The zero-order valence-electron chi connectivity index (χ0n) is 16.8. The van der Waals surface area contributed by atoms with Gasteiger partial charge >= 0.3 is 0 Å². The van der Waals surface area contributed by atoms with Crippen LogP contribution in [0.15, 0.2) is 23.2 Å². The fourth-order valence-electron chi connectivity index (χ4n) is 4.48. The summed E-state index contributed by atoms with van der Waals surface area (Å²) in [5, 5.41) is 7.06. The summed E-state index contributed by atoms with van der Waals surface area (Å²) < 4.78 is 11.4. The third-order valence-electron chi connectivity index (χ3n) is 5.82. The van der Waals surface area contributed by atoms with Crippen molar-refractivity contribution in [1.29, 1.82) is 0 Å². The van der Waals surface area contributed by atoms with Crippen LogP contribution in [0.4, 0.5) is 0 Å². The molecule has 2 N–H and O–H groups in total. The van der Waals surface area contributed by atoms with Crippen LogP contribution in [0.3, 0.4) is 0 Å². The van der Waals surface area contributed by atoms with Crippen LogP contribution >= 0.6 is 0 Å². The number of rotatable bonds is 6. The van der Waals surface area contributed by atoms with Gasteiger partial charge in [-0.3, -0.25) is 4.99 Å². The third kappa shape index (κ3) is 3.68. The summed E-state index contributed by atoms with van der Waals surface area (Å²) in [6.07, 6.45) is 2.40. The van der Waals surface area contributed by atoms with Crippen LogP contribution in [0.1, 0.15) is 38.3 Å². The Kier molecular flexibility index (Phi) is 5.76. The summed E-state index contributed by atoms with van der Waals surface area (Å²) in [7, 11) is 1.72. The van der Waals surface area contributed by atoms with Crippen LogP contribution in [0.2, 0.25) is 0 Å². The van der Waals surface area contributed by atoms with Crippen LogP contribution in [0.25, 0.3) is 0 Å². The van der Waals surface area contributed by atoms with Crippen molar-refractivity contribution >= 4 is 5.96 Å². The summed E-state index contributed by atoms with van der Waals surface area (Å²) in [6.45, 7) is 11.3. The lowest BCUT2D eigenvalue weighted by Gasteiger charge is -2.54.